The number of rotatable bonds is 8. The third-order valence-corrected chi connectivity index (χ3v) is 5.53. The Morgan fingerprint density at radius 1 is 1.15 bits per heavy atom. The second-order valence-electron chi connectivity index (χ2n) is 7.11. The number of esters is 1. The number of thiazole rings is 1. The zero-order valence-electron chi connectivity index (χ0n) is 18.0. The minimum Gasteiger partial charge on any atom is -0.455 e. The van der Waals surface area contributed by atoms with Crippen LogP contribution in [0.2, 0.25) is 0 Å². The van der Waals surface area contributed by atoms with Gasteiger partial charge in [-0.1, -0.05) is 47.7 Å². The molecule has 0 saturated heterocycles. The van der Waals surface area contributed by atoms with Crippen LogP contribution < -0.4 is 9.88 Å². The Bertz CT molecular complexity index is 1240. The van der Waals surface area contributed by atoms with E-state index in [2.05, 4.69) is 5.10 Å². The van der Waals surface area contributed by atoms with Gasteiger partial charge in [-0.3, -0.25) is 14.4 Å². The van der Waals surface area contributed by atoms with Crippen LogP contribution in [0, 0.1) is 6.92 Å². The molecule has 178 valence electrons. The zero-order valence-corrected chi connectivity index (χ0v) is 18.8. The minimum atomic E-state index is -4.61. The second kappa shape index (κ2) is 10.9. The maximum Gasteiger partial charge on any atom is 0.416 e. The average molecular weight is 491 g/mol. The van der Waals surface area contributed by atoms with Gasteiger partial charge in [0.25, 0.3) is 5.91 Å². The first-order chi connectivity index (χ1) is 16.1. The quantitative estimate of drug-likeness (QED) is 0.268. The first-order valence-electron chi connectivity index (χ1n) is 10.0. The van der Waals surface area contributed by atoms with Crippen LogP contribution in [-0.4, -0.2) is 29.3 Å². The lowest BCUT2D eigenvalue weighted by Gasteiger charge is -2.18. The molecule has 0 unspecified atom stereocenters. The van der Waals surface area contributed by atoms with Crippen LogP contribution in [0.5, 0.6) is 0 Å². The highest BCUT2D eigenvalue weighted by Gasteiger charge is 2.31. The summed E-state index contributed by atoms with van der Waals surface area (Å²) < 4.78 is 45.9. The summed E-state index contributed by atoms with van der Waals surface area (Å²) in [6, 6.07) is 12.8. The molecular weight excluding hydrogens is 471 g/mol. The van der Waals surface area contributed by atoms with Gasteiger partial charge in [0.05, 0.1) is 23.9 Å². The molecule has 0 aliphatic heterocycles. The molecule has 1 heterocycles. The molecular formula is C23H20F3N3O4S. The highest BCUT2D eigenvalue weighted by atomic mass is 32.1. The normalized spacial score (nSPS) is 11.5. The molecule has 0 aliphatic carbocycles. The Hall–Kier alpha value is -3.73. The monoisotopic (exact) mass is 491 g/mol. The van der Waals surface area contributed by atoms with Gasteiger partial charge < -0.3 is 9.30 Å². The summed E-state index contributed by atoms with van der Waals surface area (Å²) >= 11 is 1.01. The lowest BCUT2D eigenvalue weighted by molar-refractivity contribution is -0.148. The van der Waals surface area contributed by atoms with Gasteiger partial charge >= 0.3 is 17.0 Å². The first kappa shape index (κ1) is 24.9. The molecule has 0 spiro atoms. The fourth-order valence-corrected chi connectivity index (χ4v) is 3.67. The van der Waals surface area contributed by atoms with Crippen molar-refractivity contribution in [3.05, 3.63) is 86.5 Å². The van der Waals surface area contributed by atoms with Crippen molar-refractivity contribution < 1.29 is 27.5 Å². The molecule has 0 fully saturated rings. The standard InChI is InChI=1S/C23H20F3N3O4S/c1-16-15-34-22(32)28(16)11-10-21(31)33-14-20(30)29(27-13-17-6-3-2-4-7-17)19-9-5-8-18(12-19)23(24,25)26/h2-9,12-13,15H,10-11,14H2,1H3/b27-13-. The fraction of sp³-hybridized carbons (Fsp3) is 0.217. The molecule has 3 aromatic rings. The highest BCUT2D eigenvalue weighted by molar-refractivity contribution is 7.07. The molecule has 0 radical (unpaired) electrons. The van der Waals surface area contributed by atoms with E-state index in [4.69, 9.17) is 4.74 Å². The number of nitrogens with zero attached hydrogens (tertiary/aromatic N) is 3. The maximum atomic E-state index is 13.2. The molecule has 0 saturated carbocycles. The van der Waals surface area contributed by atoms with Gasteiger partial charge in [-0.05, 0) is 30.7 Å². The lowest BCUT2D eigenvalue weighted by atomic mass is 10.2. The van der Waals surface area contributed by atoms with Crippen molar-refractivity contribution in [3.63, 3.8) is 0 Å². The van der Waals surface area contributed by atoms with Crippen LogP contribution in [0.4, 0.5) is 18.9 Å². The molecule has 0 bridgehead atoms. The van der Waals surface area contributed by atoms with Crippen molar-refractivity contribution in [2.75, 3.05) is 11.6 Å². The molecule has 3 rings (SSSR count). The number of hydrazone groups is 1. The smallest absolute Gasteiger partial charge is 0.416 e. The lowest BCUT2D eigenvalue weighted by Crippen LogP contribution is -2.31. The number of benzene rings is 2. The van der Waals surface area contributed by atoms with E-state index in [1.807, 2.05) is 0 Å². The Morgan fingerprint density at radius 2 is 1.88 bits per heavy atom. The number of anilines is 1. The summed E-state index contributed by atoms with van der Waals surface area (Å²) in [5, 5.41) is 6.45. The number of aromatic nitrogens is 1. The topological polar surface area (TPSA) is 81.0 Å². The number of alkyl halides is 3. The molecule has 11 heteroatoms. The summed E-state index contributed by atoms with van der Waals surface area (Å²) in [6.07, 6.45) is -3.45. The van der Waals surface area contributed by atoms with E-state index in [1.54, 1.807) is 42.6 Å². The van der Waals surface area contributed by atoms with Gasteiger partial charge in [0.15, 0.2) is 6.61 Å². The fourth-order valence-electron chi connectivity index (χ4n) is 2.91. The average Bonchev–Trinajstić information content (AvgIpc) is 3.13. The molecule has 1 aromatic heterocycles. The van der Waals surface area contributed by atoms with E-state index in [0.29, 0.717) is 11.3 Å². The summed E-state index contributed by atoms with van der Waals surface area (Å²) in [4.78, 5) is 36.4. The number of ether oxygens (including phenoxy) is 1. The largest absolute Gasteiger partial charge is 0.455 e. The Balaban J connectivity index is 1.73. The van der Waals surface area contributed by atoms with E-state index in [0.717, 1.165) is 34.5 Å². The molecule has 1 amide bonds. The van der Waals surface area contributed by atoms with Crippen molar-refractivity contribution in [1.82, 2.24) is 4.57 Å². The molecule has 0 aliphatic rings. The number of amides is 1. The molecule has 7 nitrogen and oxygen atoms in total. The van der Waals surface area contributed by atoms with E-state index in [1.165, 1.54) is 16.8 Å². The van der Waals surface area contributed by atoms with E-state index in [9.17, 15) is 27.6 Å². The predicted molar refractivity (Wildman–Crippen MR) is 122 cm³/mol. The number of hydrogen-bond acceptors (Lipinski definition) is 6. The number of carbonyl (C=O) groups is 2. The van der Waals surface area contributed by atoms with Crippen LogP contribution in [0.25, 0.3) is 0 Å². The van der Waals surface area contributed by atoms with Crippen LogP contribution in [0.1, 0.15) is 23.2 Å². The maximum absolute atomic E-state index is 13.2. The van der Waals surface area contributed by atoms with Gasteiger partial charge in [-0.25, -0.2) is 0 Å². The second-order valence-corrected chi connectivity index (χ2v) is 7.93. The number of hydrogen-bond donors (Lipinski definition) is 0. The predicted octanol–water partition coefficient (Wildman–Crippen LogP) is 4.24. The summed E-state index contributed by atoms with van der Waals surface area (Å²) in [5.41, 5.74) is 0.223. The Kier molecular flexibility index (Phi) is 8.00. The van der Waals surface area contributed by atoms with Crippen LogP contribution in [0.3, 0.4) is 0 Å². The first-order valence-corrected chi connectivity index (χ1v) is 10.9. The molecule has 0 atom stereocenters. The number of halogens is 3. The van der Waals surface area contributed by atoms with Crippen molar-refractivity contribution in [1.29, 1.82) is 0 Å². The van der Waals surface area contributed by atoms with E-state index < -0.39 is 30.2 Å². The van der Waals surface area contributed by atoms with Crippen LogP contribution in [0.15, 0.2) is 69.9 Å². The zero-order chi connectivity index (χ0) is 24.7. The van der Waals surface area contributed by atoms with Gasteiger partial charge in [-0.2, -0.15) is 23.3 Å². The van der Waals surface area contributed by atoms with Gasteiger partial charge in [0.2, 0.25) is 0 Å². The van der Waals surface area contributed by atoms with E-state index in [-0.39, 0.29) is 23.5 Å². The molecule has 2 aromatic carbocycles. The minimum absolute atomic E-state index is 0.0880. The van der Waals surface area contributed by atoms with Gasteiger partial charge in [-0.15, -0.1) is 0 Å². The van der Waals surface area contributed by atoms with E-state index >= 15 is 0 Å². The molecule has 0 N–H and O–H groups in total. The Morgan fingerprint density at radius 3 is 2.53 bits per heavy atom. The number of carbonyl (C=O) groups excluding carboxylic acids is 2. The van der Waals surface area contributed by atoms with Crippen molar-refractivity contribution in [2.24, 2.45) is 5.10 Å². The van der Waals surface area contributed by atoms with Crippen molar-refractivity contribution in [3.8, 4) is 0 Å². The van der Waals surface area contributed by atoms with Crippen LogP contribution in [-0.2, 0) is 27.0 Å². The summed E-state index contributed by atoms with van der Waals surface area (Å²) in [5.74, 6) is -1.58. The van der Waals surface area contributed by atoms with Gasteiger partial charge in [0.1, 0.15) is 0 Å². The highest BCUT2D eigenvalue weighted by Crippen LogP contribution is 2.31. The summed E-state index contributed by atoms with van der Waals surface area (Å²) in [6.45, 7) is 1.08. The number of aryl methyl sites for hydroxylation is 1. The van der Waals surface area contributed by atoms with Crippen molar-refractivity contribution in [2.45, 2.75) is 26.1 Å². The summed E-state index contributed by atoms with van der Waals surface area (Å²) in [7, 11) is 0. The van der Waals surface area contributed by atoms with Gasteiger partial charge in [0, 0.05) is 17.6 Å². The third kappa shape index (κ3) is 6.64. The Labute approximate surface area is 196 Å². The SMILES string of the molecule is Cc1csc(=O)n1CCC(=O)OCC(=O)N(/N=C\c1ccccc1)c1cccc(C(F)(F)F)c1. The van der Waals surface area contributed by atoms with Crippen LogP contribution >= 0.6 is 11.3 Å². The third-order valence-electron chi connectivity index (χ3n) is 4.65. The molecule has 34 heavy (non-hydrogen) atoms. The van der Waals surface area contributed by atoms with Crippen molar-refractivity contribution >= 4 is 35.1 Å².